The summed E-state index contributed by atoms with van der Waals surface area (Å²) in [6.45, 7) is 8.25. The third-order valence-electron chi connectivity index (χ3n) is 2.53. The number of nitrogens with zero attached hydrogens (tertiary/aromatic N) is 1. The largest absolute Gasteiger partial charge is 0.489 e. The van der Waals surface area contributed by atoms with Gasteiger partial charge in [-0.1, -0.05) is 13.0 Å². The molecule has 0 aliphatic rings. The average Bonchev–Trinajstić information content (AvgIpc) is 2.42. The Bertz CT molecular complexity index is 423. The summed E-state index contributed by atoms with van der Waals surface area (Å²) >= 11 is 0. The second kappa shape index (κ2) is 9.18. The predicted molar refractivity (Wildman–Crippen MR) is 80.8 cm³/mol. The van der Waals surface area contributed by atoms with Crippen LogP contribution in [0.15, 0.2) is 29.3 Å². The van der Waals surface area contributed by atoms with Gasteiger partial charge in [0, 0.05) is 19.2 Å². The number of rotatable bonds is 7. The third kappa shape index (κ3) is 6.41. The molecule has 0 amide bonds. The lowest BCUT2D eigenvalue weighted by atomic mass is 10.3. The van der Waals surface area contributed by atoms with Crippen molar-refractivity contribution in [3.63, 3.8) is 0 Å². The van der Waals surface area contributed by atoms with Crippen LogP contribution in [0.5, 0.6) is 5.75 Å². The first-order valence-corrected chi connectivity index (χ1v) is 7.10. The van der Waals surface area contributed by atoms with Crippen LogP contribution >= 0.6 is 0 Å². The van der Waals surface area contributed by atoms with E-state index in [0.29, 0.717) is 12.3 Å². The Morgan fingerprint density at radius 1 is 1.35 bits per heavy atom. The maximum atomic E-state index is 13.0. The van der Waals surface area contributed by atoms with Crippen LogP contribution in [-0.2, 0) is 0 Å². The van der Waals surface area contributed by atoms with Crippen LogP contribution < -0.4 is 15.4 Å². The molecule has 1 aromatic rings. The number of guanidine groups is 1. The van der Waals surface area contributed by atoms with Crippen molar-refractivity contribution in [2.24, 2.45) is 4.99 Å². The maximum Gasteiger partial charge on any atom is 0.191 e. The molecule has 0 saturated heterocycles. The first kappa shape index (κ1) is 16.3. The summed E-state index contributed by atoms with van der Waals surface area (Å²) in [5.74, 6) is 1.01. The van der Waals surface area contributed by atoms with E-state index in [-0.39, 0.29) is 11.9 Å². The Morgan fingerprint density at radius 2 is 2.15 bits per heavy atom. The normalized spacial score (nSPS) is 12.9. The highest BCUT2D eigenvalue weighted by Gasteiger charge is 2.05. The zero-order valence-electron chi connectivity index (χ0n) is 12.4. The van der Waals surface area contributed by atoms with Gasteiger partial charge < -0.3 is 15.4 Å². The molecule has 112 valence electrons. The number of halogens is 1. The standard InChI is InChI=1S/C15H24FN3O/c1-4-9-18-15(17-5-2)19-11-12(3)20-14-8-6-7-13(16)10-14/h6-8,10,12H,4-5,9,11H2,1-3H3,(H2,17,18,19). The molecule has 1 atom stereocenters. The van der Waals surface area contributed by atoms with Crippen LogP contribution in [0.2, 0.25) is 0 Å². The molecule has 0 aliphatic heterocycles. The highest BCUT2D eigenvalue weighted by molar-refractivity contribution is 5.79. The second-order valence-corrected chi connectivity index (χ2v) is 4.53. The Hall–Kier alpha value is -1.78. The minimum absolute atomic E-state index is 0.117. The van der Waals surface area contributed by atoms with Crippen LogP contribution in [0, 0.1) is 5.82 Å². The van der Waals surface area contributed by atoms with E-state index in [1.807, 2.05) is 13.8 Å². The number of hydrogen-bond donors (Lipinski definition) is 2. The molecule has 0 aliphatic carbocycles. The van der Waals surface area contributed by atoms with Crippen molar-refractivity contribution < 1.29 is 9.13 Å². The summed E-state index contributed by atoms with van der Waals surface area (Å²) < 4.78 is 18.7. The number of hydrogen-bond acceptors (Lipinski definition) is 2. The molecule has 1 rings (SSSR count). The van der Waals surface area contributed by atoms with Crippen LogP contribution in [0.4, 0.5) is 4.39 Å². The van der Waals surface area contributed by atoms with E-state index in [4.69, 9.17) is 4.74 Å². The highest BCUT2D eigenvalue weighted by atomic mass is 19.1. The van der Waals surface area contributed by atoms with Gasteiger partial charge in [0.2, 0.25) is 0 Å². The number of ether oxygens (including phenoxy) is 1. The van der Waals surface area contributed by atoms with Crippen molar-refractivity contribution >= 4 is 5.96 Å². The molecule has 0 spiro atoms. The first-order valence-electron chi connectivity index (χ1n) is 7.10. The fourth-order valence-corrected chi connectivity index (χ4v) is 1.61. The Labute approximate surface area is 120 Å². The van der Waals surface area contributed by atoms with Gasteiger partial charge in [-0.3, -0.25) is 0 Å². The monoisotopic (exact) mass is 281 g/mol. The fraction of sp³-hybridized carbons (Fsp3) is 0.533. The Morgan fingerprint density at radius 3 is 2.80 bits per heavy atom. The van der Waals surface area contributed by atoms with Crippen molar-refractivity contribution in [3.8, 4) is 5.75 Å². The van der Waals surface area contributed by atoms with Crippen LogP contribution in [0.25, 0.3) is 0 Å². The molecule has 0 fully saturated rings. The maximum absolute atomic E-state index is 13.0. The molecule has 2 N–H and O–H groups in total. The molecule has 20 heavy (non-hydrogen) atoms. The van der Waals surface area contributed by atoms with Gasteiger partial charge in [0.1, 0.15) is 17.7 Å². The minimum Gasteiger partial charge on any atom is -0.489 e. The first-order chi connectivity index (χ1) is 9.65. The molecule has 0 radical (unpaired) electrons. The molecule has 0 aromatic heterocycles. The zero-order chi connectivity index (χ0) is 14.8. The molecule has 0 saturated carbocycles. The van der Waals surface area contributed by atoms with Crippen LogP contribution in [0.3, 0.4) is 0 Å². The average molecular weight is 281 g/mol. The molecule has 5 heteroatoms. The Balaban J connectivity index is 2.48. The lowest BCUT2D eigenvalue weighted by Crippen LogP contribution is -2.38. The van der Waals surface area contributed by atoms with Crippen molar-refractivity contribution in [3.05, 3.63) is 30.1 Å². The molecular formula is C15H24FN3O. The van der Waals surface area contributed by atoms with E-state index < -0.39 is 0 Å². The van der Waals surface area contributed by atoms with E-state index in [1.54, 1.807) is 12.1 Å². The van der Waals surface area contributed by atoms with Crippen LogP contribution in [-0.4, -0.2) is 31.7 Å². The smallest absolute Gasteiger partial charge is 0.191 e. The van der Waals surface area contributed by atoms with Gasteiger partial charge in [-0.05, 0) is 32.4 Å². The van der Waals surface area contributed by atoms with Gasteiger partial charge in [0.25, 0.3) is 0 Å². The molecule has 0 bridgehead atoms. The summed E-state index contributed by atoms with van der Waals surface area (Å²) in [5, 5.41) is 6.39. The van der Waals surface area contributed by atoms with Crippen molar-refractivity contribution in [1.82, 2.24) is 10.6 Å². The quantitative estimate of drug-likeness (QED) is 0.596. The molecule has 0 heterocycles. The van der Waals surface area contributed by atoms with Gasteiger partial charge in [-0.25, -0.2) is 9.38 Å². The Kier molecular flexibility index (Phi) is 7.47. The summed E-state index contributed by atoms with van der Waals surface area (Å²) in [6.07, 6.45) is 0.925. The molecule has 4 nitrogen and oxygen atoms in total. The highest BCUT2D eigenvalue weighted by Crippen LogP contribution is 2.13. The zero-order valence-corrected chi connectivity index (χ0v) is 12.4. The predicted octanol–water partition coefficient (Wildman–Crippen LogP) is 2.56. The lowest BCUT2D eigenvalue weighted by Gasteiger charge is -2.15. The lowest BCUT2D eigenvalue weighted by molar-refractivity contribution is 0.229. The summed E-state index contributed by atoms with van der Waals surface area (Å²) in [5.41, 5.74) is 0. The summed E-state index contributed by atoms with van der Waals surface area (Å²) in [4.78, 5) is 4.45. The van der Waals surface area contributed by atoms with Crippen molar-refractivity contribution in [1.29, 1.82) is 0 Å². The van der Waals surface area contributed by atoms with E-state index in [0.717, 1.165) is 25.5 Å². The number of aliphatic imine (C=N–C) groups is 1. The van der Waals surface area contributed by atoms with Crippen molar-refractivity contribution in [2.75, 3.05) is 19.6 Å². The number of benzene rings is 1. The molecule has 1 aromatic carbocycles. The number of nitrogens with one attached hydrogen (secondary N) is 2. The summed E-state index contributed by atoms with van der Waals surface area (Å²) in [6, 6.07) is 6.14. The van der Waals surface area contributed by atoms with Crippen molar-refractivity contribution in [2.45, 2.75) is 33.3 Å². The van der Waals surface area contributed by atoms with E-state index in [2.05, 4.69) is 22.5 Å². The van der Waals surface area contributed by atoms with Crippen LogP contribution in [0.1, 0.15) is 27.2 Å². The second-order valence-electron chi connectivity index (χ2n) is 4.53. The molecular weight excluding hydrogens is 257 g/mol. The third-order valence-corrected chi connectivity index (χ3v) is 2.53. The summed E-state index contributed by atoms with van der Waals surface area (Å²) in [7, 11) is 0. The van der Waals surface area contributed by atoms with Gasteiger partial charge in [-0.15, -0.1) is 0 Å². The van der Waals surface area contributed by atoms with E-state index >= 15 is 0 Å². The molecule has 1 unspecified atom stereocenters. The SMILES string of the molecule is CCCNC(=NCC(C)Oc1cccc(F)c1)NCC. The van der Waals surface area contributed by atoms with Gasteiger partial charge in [0.05, 0.1) is 6.54 Å². The topological polar surface area (TPSA) is 45.7 Å². The van der Waals surface area contributed by atoms with Gasteiger partial charge >= 0.3 is 0 Å². The minimum atomic E-state index is -0.295. The van der Waals surface area contributed by atoms with E-state index in [9.17, 15) is 4.39 Å². The van der Waals surface area contributed by atoms with Gasteiger partial charge in [-0.2, -0.15) is 0 Å². The fourth-order valence-electron chi connectivity index (χ4n) is 1.61. The van der Waals surface area contributed by atoms with Gasteiger partial charge in [0.15, 0.2) is 5.96 Å². The van der Waals surface area contributed by atoms with E-state index in [1.165, 1.54) is 12.1 Å².